The number of ether oxygens (including phenoxy) is 1. The van der Waals surface area contributed by atoms with Crippen molar-refractivity contribution in [3.8, 4) is 0 Å². The third-order valence-corrected chi connectivity index (χ3v) is 2.70. The molecule has 2 heterocycles. The lowest BCUT2D eigenvalue weighted by Gasteiger charge is -2.33. The minimum Gasteiger partial charge on any atom is -0.377 e. The first kappa shape index (κ1) is 11.3. The highest BCUT2D eigenvalue weighted by Crippen LogP contribution is 2.14. The number of morpholine rings is 1. The van der Waals surface area contributed by atoms with Crippen molar-refractivity contribution < 1.29 is 4.74 Å². The van der Waals surface area contributed by atoms with Gasteiger partial charge in [-0.05, 0) is 14.0 Å². The number of nitrogens with zero attached hydrogens (tertiary/aromatic N) is 3. The molecule has 1 saturated heterocycles. The third kappa shape index (κ3) is 2.48. The summed E-state index contributed by atoms with van der Waals surface area (Å²) < 4.78 is 5.39. The van der Waals surface area contributed by atoms with Gasteiger partial charge in [-0.2, -0.15) is 0 Å². The van der Waals surface area contributed by atoms with Crippen molar-refractivity contribution in [3.05, 3.63) is 18.0 Å². The topological polar surface area (TPSA) is 50.3 Å². The average Bonchev–Trinajstić information content (AvgIpc) is 2.31. The molecule has 0 aromatic carbocycles. The Morgan fingerprint density at radius 3 is 2.88 bits per heavy atom. The van der Waals surface area contributed by atoms with E-state index in [1.54, 1.807) is 0 Å². The molecule has 5 nitrogen and oxygen atoms in total. The second-order valence-electron chi connectivity index (χ2n) is 4.04. The lowest BCUT2D eigenvalue weighted by atomic mass is 10.3. The normalized spacial score (nSPS) is 21.1. The van der Waals surface area contributed by atoms with E-state index in [1.807, 2.05) is 19.4 Å². The van der Waals surface area contributed by atoms with E-state index in [-0.39, 0.29) is 0 Å². The molecule has 1 fully saturated rings. The third-order valence-electron chi connectivity index (χ3n) is 2.70. The van der Waals surface area contributed by atoms with Gasteiger partial charge in [0, 0.05) is 31.0 Å². The molecule has 0 radical (unpaired) electrons. The second kappa shape index (κ2) is 5.23. The molecule has 1 aromatic rings. The van der Waals surface area contributed by atoms with Crippen LogP contribution in [-0.2, 0) is 11.3 Å². The number of nitrogens with one attached hydrogen (secondary N) is 1. The standard InChI is InChI=1S/C11H18N4O/c1-9-8-16-4-3-15(9)11-13-6-10(5-12-2)7-14-11/h6-7,9,12H,3-5,8H2,1-2H3. The molecule has 0 aliphatic carbocycles. The zero-order valence-electron chi connectivity index (χ0n) is 9.81. The maximum atomic E-state index is 5.39. The molecule has 1 N–H and O–H groups in total. The van der Waals surface area contributed by atoms with Crippen LogP contribution in [0.2, 0.25) is 0 Å². The molecular formula is C11H18N4O. The Bertz CT molecular complexity index is 327. The highest BCUT2D eigenvalue weighted by Gasteiger charge is 2.20. The van der Waals surface area contributed by atoms with Crippen molar-refractivity contribution in [2.24, 2.45) is 0 Å². The van der Waals surface area contributed by atoms with Crippen LogP contribution in [0.15, 0.2) is 12.4 Å². The average molecular weight is 222 g/mol. The molecule has 0 spiro atoms. The molecule has 5 heteroatoms. The summed E-state index contributed by atoms with van der Waals surface area (Å²) >= 11 is 0. The van der Waals surface area contributed by atoms with Gasteiger partial charge in [0.05, 0.1) is 19.3 Å². The fraction of sp³-hybridized carbons (Fsp3) is 0.636. The summed E-state index contributed by atoms with van der Waals surface area (Å²) in [5.41, 5.74) is 1.10. The van der Waals surface area contributed by atoms with Gasteiger partial charge >= 0.3 is 0 Å². The van der Waals surface area contributed by atoms with E-state index in [0.717, 1.165) is 37.8 Å². The summed E-state index contributed by atoms with van der Waals surface area (Å²) in [7, 11) is 1.91. The Kier molecular flexibility index (Phi) is 3.69. The molecule has 2 rings (SSSR count). The molecule has 1 atom stereocenters. The van der Waals surface area contributed by atoms with Crippen LogP contribution in [0.25, 0.3) is 0 Å². The Labute approximate surface area is 95.8 Å². The van der Waals surface area contributed by atoms with E-state index in [0.29, 0.717) is 6.04 Å². The van der Waals surface area contributed by atoms with Crippen molar-refractivity contribution in [1.82, 2.24) is 15.3 Å². The molecule has 1 aromatic heterocycles. The lowest BCUT2D eigenvalue weighted by molar-refractivity contribution is 0.0981. The number of hydrogen-bond donors (Lipinski definition) is 1. The Morgan fingerprint density at radius 1 is 1.50 bits per heavy atom. The monoisotopic (exact) mass is 222 g/mol. The fourth-order valence-corrected chi connectivity index (χ4v) is 1.82. The van der Waals surface area contributed by atoms with E-state index < -0.39 is 0 Å². The highest BCUT2D eigenvalue weighted by molar-refractivity contribution is 5.32. The zero-order chi connectivity index (χ0) is 11.4. The van der Waals surface area contributed by atoms with Crippen LogP contribution in [0.1, 0.15) is 12.5 Å². The van der Waals surface area contributed by atoms with Crippen molar-refractivity contribution >= 4 is 5.95 Å². The minimum atomic E-state index is 0.351. The second-order valence-corrected chi connectivity index (χ2v) is 4.04. The smallest absolute Gasteiger partial charge is 0.225 e. The van der Waals surface area contributed by atoms with Gasteiger partial charge in [0.15, 0.2) is 0 Å². The van der Waals surface area contributed by atoms with E-state index >= 15 is 0 Å². The van der Waals surface area contributed by atoms with Gasteiger partial charge in [-0.25, -0.2) is 9.97 Å². The van der Waals surface area contributed by atoms with Crippen molar-refractivity contribution in [1.29, 1.82) is 0 Å². The number of anilines is 1. The van der Waals surface area contributed by atoms with Gasteiger partial charge < -0.3 is 15.0 Å². The van der Waals surface area contributed by atoms with Gasteiger partial charge in [0.1, 0.15) is 0 Å². The predicted octanol–water partition coefficient (Wildman–Crippen LogP) is 0.421. The van der Waals surface area contributed by atoms with Gasteiger partial charge in [-0.3, -0.25) is 0 Å². The first-order chi connectivity index (χ1) is 7.81. The van der Waals surface area contributed by atoms with Crippen LogP contribution in [0.3, 0.4) is 0 Å². The molecule has 88 valence electrons. The van der Waals surface area contributed by atoms with Crippen molar-refractivity contribution in [2.75, 3.05) is 31.7 Å². The maximum Gasteiger partial charge on any atom is 0.225 e. The van der Waals surface area contributed by atoms with Crippen LogP contribution >= 0.6 is 0 Å². The quantitative estimate of drug-likeness (QED) is 0.803. The molecule has 0 saturated carbocycles. The van der Waals surface area contributed by atoms with Crippen LogP contribution in [0.5, 0.6) is 0 Å². The van der Waals surface area contributed by atoms with Gasteiger partial charge in [-0.1, -0.05) is 0 Å². The Morgan fingerprint density at radius 2 is 2.25 bits per heavy atom. The highest BCUT2D eigenvalue weighted by atomic mass is 16.5. The van der Waals surface area contributed by atoms with Crippen LogP contribution < -0.4 is 10.2 Å². The van der Waals surface area contributed by atoms with Crippen LogP contribution in [0.4, 0.5) is 5.95 Å². The molecule has 1 aliphatic rings. The molecule has 0 amide bonds. The number of rotatable bonds is 3. The van der Waals surface area contributed by atoms with Gasteiger partial charge in [-0.15, -0.1) is 0 Å². The van der Waals surface area contributed by atoms with Crippen molar-refractivity contribution in [2.45, 2.75) is 19.5 Å². The summed E-state index contributed by atoms with van der Waals surface area (Å²) in [6.45, 7) is 5.31. The van der Waals surface area contributed by atoms with Crippen LogP contribution in [-0.4, -0.2) is 42.8 Å². The molecule has 1 aliphatic heterocycles. The van der Waals surface area contributed by atoms with E-state index in [9.17, 15) is 0 Å². The summed E-state index contributed by atoms with van der Waals surface area (Å²) in [6, 6.07) is 0.351. The Hall–Kier alpha value is -1.20. The van der Waals surface area contributed by atoms with E-state index in [2.05, 4.69) is 27.1 Å². The largest absolute Gasteiger partial charge is 0.377 e. The minimum absolute atomic E-state index is 0.351. The molecule has 16 heavy (non-hydrogen) atoms. The molecule has 1 unspecified atom stereocenters. The SMILES string of the molecule is CNCc1cnc(N2CCOCC2C)nc1. The van der Waals surface area contributed by atoms with E-state index in [4.69, 9.17) is 4.74 Å². The van der Waals surface area contributed by atoms with E-state index in [1.165, 1.54) is 0 Å². The molecular weight excluding hydrogens is 204 g/mol. The first-order valence-corrected chi connectivity index (χ1v) is 5.61. The summed E-state index contributed by atoms with van der Waals surface area (Å²) in [6.07, 6.45) is 3.75. The zero-order valence-corrected chi connectivity index (χ0v) is 9.81. The number of aromatic nitrogens is 2. The Balaban J connectivity index is 2.08. The predicted molar refractivity (Wildman–Crippen MR) is 62.4 cm³/mol. The summed E-state index contributed by atoms with van der Waals surface area (Å²) in [5.74, 6) is 0.802. The number of hydrogen-bond acceptors (Lipinski definition) is 5. The molecule has 0 bridgehead atoms. The summed E-state index contributed by atoms with van der Waals surface area (Å²) in [5, 5.41) is 3.08. The fourth-order valence-electron chi connectivity index (χ4n) is 1.82. The maximum absolute atomic E-state index is 5.39. The summed E-state index contributed by atoms with van der Waals surface area (Å²) in [4.78, 5) is 11.0. The first-order valence-electron chi connectivity index (χ1n) is 5.61. The lowest BCUT2D eigenvalue weighted by Crippen LogP contribution is -2.44. The van der Waals surface area contributed by atoms with Crippen LogP contribution in [0, 0.1) is 0 Å². The van der Waals surface area contributed by atoms with Gasteiger partial charge in [0.25, 0.3) is 0 Å². The van der Waals surface area contributed by atoms with Gasteiger partial charge in [0.2, 0.25) is 5.95 Å². The van der Waals surface area contributed by atoms with Crippen molar-refractivity contribution in [3.63, 3.8) is 0 Å².